The minimum atomic E-state index is -1.29. The number of carbonyl (C=O) groups is 3. The molecule has 0 aromatic heterocycles. The Labute approximate surface area is 112 Å². The predicted molar refractivity (Wildman–Crippen MR) is 64.9 cm³/mol. The third-order valence-corrected chi connectivity index (χ3v) is 2.73. The van der Waals surface area contributed by atoms with Crippen molar-refractivity contribution in [1.29, 1.82) is 0 Å². The summed E-state index contributed by atoms with van der Waals surface area (Å²) in [7, 11) is 0. The summed E-state index contributed by atoms with van der Waals surface area (Å²) in [6, 6.07) is -1.23. The minimum absolute atomic E-state index is 0.110. The van der Waals surface area contributed by atoms with Crippen LogP contribution in [0, 0.1) is 10.1 Å². The van der Waals surface area contributed by atoms with Crippen LogP contribution in [-0.2, 0) is 19.2 Å². The largest absolute Gasteiger partial charge is 0.480 e. The fraction of sp³-hybridized carbons (Fsp3) is 0.667. The molecule has 0 aliphatic carbocycles. The van der Waals surface area contributed by atoms with E-state index in [9.17, 15) is 24.5 Å². The van der Waals surface area contributed by atoms with Gasteiger partial charge in [-0.3, -0.25) is 9.59 Å². The van der Waals surface area contributed by atoms with Crippen LogP contribution >= 0.6 is 11.8 Å². The van der Waals surface area contributed by atoms with Crippen molar-refractivity contribution in [2.45, 2.75) is 32.4 Å². The van der Waals surface area contributed by atoms with Crippen LogP contribution in [-0.4, -0.2) is 45.1 Å². The molecule has 9 nitrogen and oxygen atoms in total. The number of thioether (sulfide) groups is 1. The number of hydrogen-bond donors (Lipinski definition) is 2. The van der Waals surface area contributed by atoms with E-state index < -0.39 is 29.1 Å². The number of amides is 1. The van der Waals surface area contributed by atoms with Gasteiger partial charge in [0.1, 0.15) is 12.1 Å². The maximum atomic E-state index is 11.4. The smallest absolute Gasteiger partial charge is 0.327 e. The standard InChI is InChI=1S/C9H14N2O7S/c1-5(18-11(16)17)3-8(13)10-7(9(14)15)4-19-6(2)12/h5,7H,3-4H2,1-2H3,(H,10,13)(H,14,15). The Kier molecular flexibility index (Phi) is 7.49. The molecular weight excluding hydrogens is 280 g/mol. The van der Waals surface area contributed by atoms with Crippen molar-refractivity contribution >= 4 is 28.8 Å². The number of aliphatic carboxylic acids is 1. The first-order valence-electron chi connectivity index (χ1n) is 5.19. The number of rotatable bonds is 8. The summed E-state index contributed by atoms with van der Waals surface area (Å²) >= 11 is 0.765. The van der Waals surface area contributed by atoms with Gasteiger partial charge in [0.25, 0.3) is 5.09 Å². The van der Waals surface area contributed by atoms with Gasteiger partial charge in [-0.15, -0.1) is 10.1 Å². The normalized spacial score (nSPS) is 13.2. The van der Waals surface area contributed by atoms with Gasteiger partial charge in [0, 0.05) is 12.7 Å². The molecule has 0 heterocycles. The molecule has 2 unspecified atom stereocenters. The van der Waals surface area contributed by atoms with Crippen LogP contribution in [0.5, 0.6) is 0 Å². The fourth-order valence-corrected chi connectivity index (χ4v) is 1.70. The van der Waals surface area contributed by atoms with E-state index in [0.717, 1.165) is 11.8 Å². The van der Waals surface area contributed by atoms with E-state index in [2.05, 4.69) is 10.2 Å². The van der Waals surface area contributed by atoms with Gasteiger partial charge < -0.3 is 15.3 Å². The molecule has 0 rings (SSSR count). The van der Waals surface area contributed by atoms with Crippen LogP contribution < -0.4 is 5.32 Å². The Balaban J connectivity index is 4.27. The summed E-state index contributed by atoms with van der Waals surface area (Å²) in [4.78, 5) is 47.1. The van der Waals surface area contributed by atoms with Gasteiger partial charge in [0.05, 0.1) is 6.42 Å². The van der Waals surface area contributed by atoms with Crippen molar-refractivity contribution in [3.8, 4) is 0 Å². The van der Waals surface area contributed by atoms with E-state index in [1.807, 2.05) is 0 Å². The summed E-state index contributed by atoms with van der Waals surface area (Å²) in [5.41, 5.74) is 0. The molecule has 0 aromatic carbocycles. The first kappa shape index (κ1) is 17.2. The molecule has 0 aromatic rings. The van der Waals surface area contributed by atoms with E-state index >= 15 is 0 Å². The average molecular weight is 294 g/mol. The van der Waals surface area contributed by atoms with E-state index in [4.69, 9.17) is 5.11 Å². The Bertz CT molecular complexity index is 374. The highest BCUT2D eigenvalue weighted by Crippen LogP contribution is 2.05. The van der Waals surface area contributed by atoms with E-state index in [1.54, 1.807) is 0 Å². The number of carbonyl (C=O) groups excluding carboxylic acids is 2. The topological polar surface area (TPSA) is 136 Å². The van der Waals surface area contributed by atoms with Crippen molar-refractivity contribution in [2.75, 3.05) is 5.75 Å². The van der Waals surface area contributed by atoms with Crippen molar-refractivity contribution < 1.29 is 29.4 Å². The van der Waals surface area contributed by atoms with Crippen LogP contribution in [0.1, 0.15) is 20.3 Å². The monoisotopic (exact) mass is 294 g/mol. The third-order valence-electron chi connectivity index (χ3n) is 1.83. The maximum Gasteiger partial charge on any atom is 0.327 e. The molecule has 1 amide bonds. The second kappa shape index (κ2) is 8.29. The maximum absolute atomic E-state index is 11.4. The van der Waals surface area contributed by atoms with Gasteiger partial charge in [-0.05, 0) is 6.92 Å². The molecule has 0 radical (unpaired) electrons. The summed E-state index contributed by atoms with van der Waals surface area (Å²) in [5.74, 6) is -2.10. The van der Waals surface area contributed by atoms with Crippen molar-refractivity contribution in [1.82, 2.24) is 5.32 Å². The molecule has 0 spiro atoms. The zero-order valence-corrected chi connectivity index (χ0v) is 11.1. The number of carboxylic acid groups (broad SMARTS) is 1. The zero-order chi connectivity index (χ0) is 15.0. The lowest BCUT2D eigenvalue weighted by Gasteiger charge is -2.15. The summed E-state index contributed by atoms with van der Waals surface area (Å²) in [5, 5.41) is 19.7. The van der Waals surface area contributed by atoms with Crippen molar-refractivity contribution in [2.24, 2.45) is 0 Å². The van der Waals surface area contributed by atoms with Crippen LogP contribution in [0.15, 0.2) is 0 Å². The molecule has 0 saturated heterocycles. The number of hydrogen-bond acceptors (Lipinski definition) is 7. The van der Waals surface area contributed by atoms with Crippen molar-refractivity contribution in [3.63, 3.8) is 0 Å². The highest BCUT2D eigenvalue weighted by molar-refractivity contribution is 8.13. The zero-order valence-electron chi connectivity index (χ0n) is 10.3. The summed E-state index contributed by atoms with van der Waals surface area (Å²) in [6.45, 7) is 2.58. The third kappa shape index (κ3) is 8.83. The lowest BCUT2D eigenvalue weighted by atomic mass is 10.2. The van der Waals surface area contributed by atoms with E-state index in [1.165, 1.54) is 13.8 Å². The van der Waals surface area contributed by atoms with Crippen LogP contribution in [0.2, 0.25) is 0 Å². The second-order valence-corrected chi connectivity index (χ2v) is 4.80. The second-order valence-electron chi connectivity index (χ2n) is 3.60. The highest BCUT2D eigenvalue weighted by atomic mass is 32.2. The Morgan fingerprint density at radius 3 is 2.47 bits per heavy atom. The summed E-state index contributed by atoms with van der Waals surface area (Å²) in [6.07, 6.45) is -1.33. The Morgan fingerprint density at radius 2 is 2.05 bits per heavy atom. The Hall–Kier alpha value is -1.84. The van der Waals surface area contributed by atoms with Crippen LogP contribution in [0.4, 0.5) is 0 Å². The van der Waals surface area contributed by atoms with Gasteiger partial charge in [-0.2, -0.15) is 0 Å². The molecule has 108 valence electrons. The molecule has 0 aliphatic heterocycles. The van der Waals surface area contributed by atoms with E-state index in [-0.39, 0.29) is 17.3 Å². The lowest BCUT2D eigenvalue weighted by molar-refractivity contribution is -0.767. The van der Waals surface area contributed by atoms with Crippen molar-refractivity contribution in [3.05, 3.63) is 10.1 Å². The molecule has 0 saturated carbocycles. The van der Waals surface area contributed by atoms with Crippen LogP contribution in [0.25, 0.3) is 0 Å². The quantitative estimate of drug-likeness (QED) is 0.465. The molecule has 19 heavy (non-hydrogen) atoms. The number of nitrogens with zero attached hydrogens (tertiary/aromatic N) is 1. The van der Waals surface area contributed by atoms with Gasteiger partial charge in [0.15, 0.2) is 5.12 Å². The first-order valence-corrected chi connectivity index (χ1v) is 6.17. The number of nitrogens with one attached hydrogen (secondary N) is 1. The SMILES string of the molecule is CC(=O)SCC(NC(=O)CC(C)O[N+](=O)[O-])C(=O)O. The van der Waals surface area contributed by atoms with Gasteiger partial charge in [-0.25, -0.2) is 4.79 Å². The summed E-state index contributed by atoms with van der Waals surface area (Å²) < 4.78 is 0. The molecule has 0 aliphatic rings. The van der Waals surface area contributed by atoms with Gasteiger partial charge in [-0.1, -0.05) is 11.8 Å². The molecule has 2 atom stereocenters. The molecule has 0 bridgehead atoms. The average Bonchev–Trinajstić information content (AvgIpc) is 2.21. The molecule has 2 N–H and O–H groups in total. The first-order chi connectivity index (χ1) is 8.72. The fourth-order valence-electron chi connectivity index (χ4n) is 1.07. The highest BCUT2D eigenvalue weighted by Gasteiger charge is 2.22. The van der Waals surface area contributed by atoms with Gasteiger partial charge >= 0.3 is 5.97 Å². The molecular formula is C9H14N2O7S. The number of carboxylic acids is 1. The van der Waals surface area contributed by atoms with Gasteiger partial charge in [0.2, 0.25) is 5.91 Å². The Morgan fingerprint density at radius 1 is 1.47 bits per heavy atom. The molecule has 0 fully saturated rings. The molecule has 10 heteroatoms. The van der Waals surface area contributed by atoms with E-state index in [0.29, 0.717) is 0 Å². The van der Waals surface area contributed by atoms with Crippen LogP contribution in [0.3, 0.4) is 0 Å². The lowest BCUT2D eigenvalue weighted by Crippen LogP contribution is -2.43. The minimum Gasteiger partial charge on any atom is -0.480 e. The predicted octanol–water partition coefficient (Wildman–Crippen LogP) is -0.178.